The molecular formula is C15H22N2O3. The molecule has 0 radical (unpaired) electrons. The number of hydrogen-bond acceptors (Lipinski definition) is 3. The fourth-order valence-electron chi connectivity index (χ4n) is 3.36. The van der Waals surface area contributed by atoms with Gasteiger partial charge in [-0.15, -0.1) is 0 Å². The monoisotopic (exact) mass is 278 g/mol. The van der Waals surface area contributed by atoms with E-state index in [9.17, 15) is 14.7 Å². The Morgan fingerprint density at radius 3 is 2.60 bits per heavy atom. The number of pyridine rings is 1. The number of carboxylic acid groups (broad SMARTS) is 1. The summed E-state index contributed by atoms with van der Waals surface area (Å²) < 4.78 is 1.69. The smallest absolute Gasteiger partial charge is 0.337 e. The summed E-state index contributed by atoms with van der Waals surface area (Å²) in [6.45, 7) is 7.39. The highest BCUT2D eigenvalue weighted by molar-refractivity contribution is 5.90. The van der Waals surface area contributed by atoms with Gasteiger partial charge in [0.05, 0.1) is 5.56 Å². The van der Waals surface area contributed by atoms with Crippen molar-refractivity contribution in [1.29, 1.82) is 0 Å². The minimum absolute atomic E-state index is 0.0809. The van der Waals surface area contributed by atoms with Crippen molar-refractivity contribution in [2.45, 2.75) is 33.2 Å². The first-order valence-corrected chi connectivity index (χ1v) is 6.97. The van der Waals surface area contributed by atoms with Crippen LogP contribution < -0.4 is 5.56 Å². The third kappa shape index (κ3) is 2.50. The van der Waals surface area contributed by atoms with Gasteiger partial charge in [-0.2, -0.15) is 0 Å². The molecular weight excluding hydrogens is 256 g/mol. The molecule has 2 heterocycles. The van der Waals surface area contributed by atoms with E-state index < -0.39 is 5.97 Å². The zero-order valence-corrected chi connectivity index (χ0v) is 12.5. The number of aromatic carboxylic acids is 1. The summed E-state index contributed by atoms with van der Waals surface area (Å²) >= 11 is 0. The molecule has 2 atom stereocenters. The van der Waals surface area contributed by atoms with Crippen LogP contribution in [0.5, 0.6) is 0 Å². The second-order valence-corrected chi connectivity index (χ2v) is 5.90. The van der Waals surface area contributed by atoms with Gasteiger partial charge in [0.1, 0.15) is 0 Å². The number of carboxylic acids is 1. The van der Waals surface area contributed by atoms with Gasteiger partial charge in [0.15, 0.2) is 0 Å². The first kappa shape index (κ1) is 14.8. The predicted octanol–water partition coefficient (Wildman–Crippen LogP) is 1.68. The van der Waals surface area contributed by atoms with Crippen LogP contribution in [0.2, 0.25) is 0 Å². The molecule has 1 aromatic heterocycles. The van der Waals surface area contributed by atoms with E-state index in [-0.39, 0.29) is 17.2 Å². The standard InChI is InChI=1S/C15H22N2O3/c1-9-7-13(18)17(11(3)14(9)15(19)20)12-5-6-16(4)8-10(12)2/h7,10,12H,5-6,8H2,1-4H3,(H,19,20). The SMILES string of the molecule is Cc1cc(=O)n(C2CCN(C)CC2C)c(C)c1C(=O)O. The quantitative estimate of drug-likeness (QED) is 0.894. The Morgan fingerprint density at radius 2 is 2.05 bits per heavy atom. The van der Waals surface area contributed by atoms with Gasteiger partial charge in [-0.3, -0.25) is 4.79 Å². The van der Waals surface area contributed by atoms with Crippen LogP contribution in [-0.4, -0.2) is 40.7 Å². The summed E-state index contributed by atoms with van der Waals surface area (Å²) in [7, 11) is 2.07. The number of carbonyl (C=O) groups is 1. The van der Waals surface area contributed by atoms with E-state index >= 15 is 0 Å². The number of aromatic nitrogens is 1. The highest BCUT2D eigenvalue weighted by Crippen LogP contribution is 2.28. The van der Waals surface area contributed by atoms with Crippen molar-refractivity contribution in [1.82, 2.24) is 9.47 Å². The molecule has 1 aromatic rings. The summed E-state index contributed by atoms with van der Waals surface area (Å²) in [5.74, 6) is -0.635. The van der Waals surface area contributed by atoms with E-state index in [1.165, 1.54) is 6.07 Å². The first-order chi connectivity index (χ1) is 9.32. The molecule has 1 N–H and O–H groups in total. The molecule has 1 aliphatic heterocycles. The molecule has 0 aromatic carbocycles. The van der Waals surface area contributed by atoms with Crippen molar-refractivity contribution in [2.75, 3.05) is 20.1 Å². The van der Waals surface area contributed by atoms with Gasteiger partial charge in [-0.1, -0.05) is 6.92 Å². The fraction of sp³-hybridized carbons (Fsp3) is 0.600. The largest absolute Gasteiger partial charge is 0.478 e. The van der Waals surface area contributed by atoms with Crippen molar-refractivity contribution in [3.8, 4) is 0 Å². The zero-order valence-electron chi connectivity index (χ0n) is 12.5. The van der Waals surface area contributed by atoms with E-state index in [2.05, 4.69) is 18.9 Å². The maximum atomic E-state index is 12.3. The van der Waals surface area contributed by atoms with Crippen LogP contribution in [0.3, 0.4) is 0 Å². The van der Waals surface area contributed by atoms with E-state index in [1.807, 2.05) is 0 Å². The van der Waals surface area contributed by atoms with Crippen LogP contribution in [0, 0.1) is 19.8 Å². The minimum atomic E-state index is -0.964. The Kier molecular flexibility index (Phi) is 3.99. The molecule has 1 fully saturated rings. The summed E-state index contributed by atoms with van der Waals surface area (Å²) in [6, 6.07) is 1.53. The van der Waals surface area contributed by atoms with Crippen LogP contribution in [0.4, 0.5) is 0 Å². The lowest BCUT2D eigenvalue weighted by atomic mass is 9.92. The van der Waals surface area contributed by atoms with E-state index in [0.29, 0.717) is 17.2 Å². The molecule has 0 spiro atoms. The van der Waals surface area contributed by atoms with Crippen molar-refractivity contribution < 1.29 is 9.90 Å². The van der Waals surface area contributed by atoms with Gasteiger partial charge in [0.2, 0.25) is 0 Å². The Balaban J connectivity index is 2.54. The molecule has 0 aliphatic carbocycles. The molecule has 20 heavy (non-hydrogen) atoms. The number of nitrogens with zero attached hydrogens (tertiary/aromatic N) is 2. The zero-order chi connectivity index (χ0) is 15.0. The van der Waals surface area contributed by atoms with Crippen LogP contribution in [0.1, 0.15) is 41.0 Å². The average molecular weight is 278 g/mol. The number of piperidine rings is 1. The lowest BCUT2D eigenvalue weighted by Crippen LogP contribution is -2.42. The van der Waals surface area contributed by atoms with Gasteiger partial charge in [-0.25, -0.2) is 4.79 Å². The second-order valence-electron chi connectivity index (χ2n) is 5.90. The van der Waals surface area contributed by atoms with Gasteiger partial charge in [-0.05, 0) is 45.3 Å². The number of rotatable bonds is 2. The minimum Gasteiger partial charge on any atom is -0.478 e. The van der Waals surface area contributed by atoms with Crippen molar-refractivity contribution >= 4 is 5.97 Å². The van der Waals surface area contributed by atoms with Crippen LogP contribution in [0.25, 0.3) is 0 Å². The number of likely N-dealkylation sites (tertiary alicyclic amines) is 1. The lowest BCUT2D eigenvalue weighted by Gasteiger charge is -2.37. The Morgan fingerprint density at radius 1 is 1.40 bits per heavy atom. The van der Waals surface area contributed by atoms with E-state index in [0.717, 1.165) is 19.5 Å². The topological polar surface area (TPSA) is 62.5 Å². The highest BCUT2D eigenvalue weighted by atomic mass is 16.4. The summed E-state index contributed by atoms with van der Waals surface area (Å²) in [6.07, 6.45) is 0.876. The lowest BCUT2D eigenvalue weighted by molar-refractivity contribution is 0.0692. The molecule has 110 valence electrons. The molecule has 5 nitrogen and oxygen atoms in total. The van der Waals surface area contributed by atoms with Gasteiger partial charge in [0, 0.05) is 24.3 Å². The summed E-state index contributed by atoms with van der Waals surface area (Å²) in [5.41, 5.74) is 1.28. The molecule has 0 bridgehead atoms. The third-order valence-electron chi connectivity index (χ3n) is 4.30. The predicted molar refractivity (Wildman–Crippen MR) is 77.5 cm³/mol. The summed E-state index contributed by atoms with van der Waals surface area (Å²) in [5, 5.41) is 9.34. The molecule has 0 saturated carbocycles. The van der Waals surface area contributed by atoms with Crippen LogP contribution >= 0.6 is 0 Å². The maximum absolute atomic E-state index is 12.3. The maximum Gasteiger partial charge on any atom is 0.337 e. The second kappa shape index (κ2) is 5.40. The van der Waals surface area contributed by atoms with E-state index in [1.54, 1.807) is 18.4 Å². The molecule has 5 heteroatoms. The summed E-state index contributed by atoms with van der Waals surface area (Å²) in [4.78, 5) is 26.0. The average Bonchev–Trinajstić information content (AvgIpc) is 2.30. The van der Waals surface area contributed by atoms with Crippen molar-refractivity contribution in [3.63, 3.8) is 0 Å². The normalized spacial score (nSPS) is 23.8. The van der Waals surface area contributed by atoms with Crippen molar-refractivity contribution in [2.24, 2.45) is 5.92 Å². The first-order valence-electron chi connectivity index (χ1n) is 6.97. The van der Waals surface area contributed by atoms with Crippen molar-refractivity contribution in [3.05, 3.63) is 33.2 Å². The third-order valence-corrected chi connectivity index (χ3v) is 4.30. The van der Waals surface area contributed by atoms with Crippen LogP contribution in [-0.2, 0) is 0 Å². The van der Waals surface area contributed by atoms with Crippen LogP contribution in [0.15, 0.2) is 10.9 Å². The van der Waals surface area contributed by atoms with Gasteiger partial charge < -0.3 is 14.6 Å². The Bertz CT molecular complexity index is 592. The molecule has 0 amide bonds. The molecule has 2 unspecified atom stereocenters. The Labute approximate surface area is 118 Å². The Hall–Kier alpha value is -1.62. The number of hydrogen-bond donors (Lipinski definition) is 1. The fourth-order valence-corrected chi connectivity index (χ4v) is 3.36. The van der Waals surface area contributed by atoms with E-state index in [4.69, 9.17) is 0 Å². The van der Waals surface area contributed by atoms with Gasteiger partial charge >= 0.3 is 5.97 Å². The molecule has 1 aliphatic rings. The number of aryl methyl sites for hydroxylation is 1. The van der Waals surface area contributed by atoms with Gasteiger partial charge in [0.25, 0.3) is 5.56 Å². The highest BCUT2D eigenvalue weighted by Gasteiger charge is 2.29. The molecule has 1 saturated heterocycles. The molecule has 2 rings (SSSR count).